The zero-order chi connectivity index (χ0) is 16.1. The molecule has 0 saturated carbocycles. The number of nitrogens with zero attached hydrogens (tertiary/aromatic N) is 2. The Balaban J connectivity index is 2.46. The van der Waals surface area contributed by atoms with E-state index in [1.54, 1.807) is 6.92 Å². The molecule has 1 amide bonds. The molecular weight excluding hydrogens is 282 g/mol. The van der Waals surface area contributed by atoms with Crippen LogP contribution in [0.2, 0.25) is 0 Å². The van der Waals surface area contributed by atoms with Gasteiger partial charge in [0.15, 0.2) is 0 Å². The van der Waals surface area contributed by atoms with Gasteiger partial charge in [0.05, 0.1) is 0 Å². The fraction of sp³-hybridized carbons (Fsp3) is 0.312. The van der Waals surface area contributed by atoms with E-state index in [9.17, 15) is 9.59 Å². The van der Waals surface area contributed by atoms with E-state index in [4.69, 9.17) is 4.42 Å². The summed E-state index contributed by atoms with van der Waals surface area (Å²) in [7, 11) is 0. The van der Waals surface area contributed by atoms with Crippen molar-refractivity contribution in [3.05, 3.63) is 40.2 Å². The second-order valence-corrected chi connectivity index (χ2v) is 4.67. The maximum atomic E-state index is 12.0. The van der Waals surface area contributed by atoms with E-state index in [0.717, 1.165) is 18.8 Å². The first kappa shape index (κ1) is 15.8. The molecule has 0 unspecified atom stereocenters. The monoisotopic (exact) mass is 301 g/mol. The van der Waals surface area contributed by atoms with Gasteiger partial charge in [-0.05, 0) is 39.0 Å². The lowest BCUT2D eigenvalue weighted by molar-refractivity contribution is 0.0951. The number of anilines is 1. The van der Waals surface area contributed by atoms with E-state index in [-0.39, 0.29) is 5.56 Å². The van der Waals surface area contributed by atoms with Crippen LogP contribution in [0.15, 0.2) is 38.6 Å². The summed E-state index contributed by atoms with van der Waals surface area (Å²) in [5.41, 5.74) is 2.97. The second kappa shape index (κ2) is 6.89. The summed E-state index contributed by atoms with van der Waals surface area (Å²) in [6, 6.07) is 7.12. The van der Waals surface area contributed by atoms with Crippen molar-refractivity contribution in [2.75, 3.05) is 18.0 Å². The number of carbonyl (C=O) groups is 1. The summed E-state index contributed by atoms with van der Waals surface area (Å²) in [6.07, 6.45) is 1.43. The Labute approximate surface area is 128 Å². The Morgan fingerprint density at radius 3 is 2.68 bits per heavy atom. The third-order valence-corrected chi connectivity index (χ3v) is 3.39. The first-order valence-corrected chi connectivity index (χ1v) is 7.21. The number of amides is 1. The molecule has 0 aliphatic heterocycles. The lowest BCUT2D eigenvalue weighted by atomic mass is 10.1. The fourth-order valence-corrected chi connectivity index (χ4v) is 2.23. The molecule has 116 valence electrons. The molecule has 6 heteroatoms. The van der Waals surface area contributed by atoms with Crippen molar-refractivity contribution in [1.29, 1.82) is 0 Å². The minimum absolute atomic E-state index is 0.0614. The standard InChI is InChI=1S/C16H19N3O3/c1-4-17-18-15(20)13-9-11-7-8-12(19(5-2)6-3)10-14(11)22-16(13)21/h4,7-10H,5-6H2,1-3H3,(H,18,20)/b17-4+. The van der Waals surface area contributed by atoms with Gasteiger partial charge in [-0.15, -0.1) is 0 Å². The minimum Gasteiger partial charge on any atom is -0.422 e. The van der Waals surface area contributed by atoms with Crippen LogP contribution in [0.1, 0.15) is 31.1 Å². The number of fused-ring (bicyclic) bond motifs is 1. The van der Waals surface area contributed by atoms with Gasteiger partial charge < -0.3 is 9.32 Å². The van der Waals surface area contributed by atoms with Crippen LogP contribution in [-0.2, 0) is 0 Å². The third kappa shape index (κ3) is 3.16. The zero-order valence-corrected chi connectivity index (χ0v) is 12.9. The summed E-state index contributed by atoms with van der Waals surface area (Å²) < 4.78 is 5.28. The Kier molecular flexibility index (Phi) is 4.93. The molecule has 1 N–H and O–H groups in total. The highest BCUT2D eigenvalue weighted by Gasteiger charge is 2.14. The van der Waals surface area contributed by atoms with Crippen LogP contribution in [0.4, 0.5) is 5.69 Å². The number of hydrogen-bond donors (Lipinski definition) is 1. The Morgan fingerprint density at radius 1 is 1.32 bits per heavy atom. The van der Waals surface area contributed by atoms with Crippen LogP contribution in [0.5, 0.6) is 0 Å². The molecule has 1 aromatic carbocycles. The number of benzene rings is 1. The zero-order valence-electron chi connectivity index (χ0n) is 12.9. The van der Waals surface area contributed by atoms with Crippen LogP contribution in [0.3, 0.4) is 0 Å². The minimum atomic E-state index is -0.673. The summed E-state index contributed by atoms with van der Waals surface area (Å²) in [5.74, 6) is -0.582. The molecule has 2 rings (SSSR count). The summed E-state index contributed by atoms with van der Waals surface area (Å²) in [4.78, 5) is 26.0. The van der Waals surface area contributed by atoms with Gasteiger partial charge in [-0.3, -0.25) is 4.79 Å². The molecule has 2 aromatic rings. The van der Waals surface area contributed by atoms with Gasteiger partial charge in [-0.1, -0.05) is 0 Å². The average Bonchev–Trinajstić information content (AvgIpc) is 2.53. The highest BCUT2D eigenvalue weighted by Crippen LogP contribution is 2.21. The first-order chi connectivity index (χ1) is 10.6. The van der Waals surface area contributed by atoms with Gasteiger partial charge >= 0.3 is 5.63 Å². The maximum Gasteiger partial charge on any atom is 0.349 e. The van der Waals surface area contributed by atoms with E-state index in [1.165, 1.54) is 12.3 Å². The Morgan fingerprint density at radius 2 is 2.05 bits per heavy atom. The van der Waals surface area contributed by atoms with Gasteiger partial charge in [0.2, 0.25) is 0 Å². The SMILES string of the molecule is C/C=N/NC(=O)c1cc2ccc(N(CC)CC)cc2oc1=O. The van der Waals surface area contributed by atoms with Crippen LogP contribution in [0, 0.1) is 0 Å². The van der Waals surface area contributed by atoms with E-state index in [0.29, 0.717) is 11.0 Å². The van der Waals surface area contributed by atoms with Crippen LogP contribution >= 0.6 is 0 Å². The molecule has 1 heterocycles. The predicted octanol–water partition coefficient (Wildman–Crippen LogP) is 2.37. The molecule has 22 heavy (non-hydrogen) atoms. The Bertz CT molecular complexity index is 761. The molecule has 0 fully saturated rings. The van der Waals surface area contributed by atoms with Crippen molar-refractivity contribution in [3.8, 4) is 0 Å². The van der Waals surface area contributed by atoms with Gasteiger partial charge in [0.1, 0.15) is 11.1 Å². The number of rotatable bonds is 5. The molecule has 0 radical (unpaired) electrons. The van der Waals surface area contributed by atoms with Gasteiger partial charge in [0.25, 0.3) is 5.91 Å². The van der Waals surface area contributed by atoms with Gasteiger partial charge in [0, 0.05) is 36.4 Å². The quantitative estimate of drug-likeness (QED) is 0.522. The van der Waals surface area contributed by atoms with Crippen molar-refractivity contribution in [3.63, 3.8) is 0 Å². The third-order valence-electron chi connectivity index (χ3n) is 3.39. The van der Waals surface area contributed by atoms with E-state index in [1.807, 2.05) is 18.2 Å². The number of carbonyl (C=O) groups excluding carboxylic acids is 1. The molecule has 0 bridgehead atoms. The van der Waals surface area contributed by atoms with E-state index in [2.05, 4.69) is 29.3 Å². The topological polar surface area (TPSA) is 74.9 Å². The molecule has 0 saturated heterocycles. The lowest BCUT2D eigenvalue weighted by Crippen LogP contribution is -2.24. The highest BCUT2D eigenvalue weighted by atomic mass is 16.4. The normalized spacial score (nSPS) is 11.0. The van der Waals surface area contributed by atoms with Crippen LogP contribution in [-0.4, -0.2) is 25.2 Å². The smallest absolute Gasteiger partial charge is 0.349 e. The van der Waals surface area contributed by atoms with Crippen LogP contribution < -0.4 is 16.0 Å². The lowest BCUT2D eigenvalue weighted by Gasteiger charge is -2.20. The van der Waals surface area contributed by atoms with Gasteiger partial charge in [-0.25, -0.2) is 10.2 Å². The summed E-state index contributed by atoms with van der Waals surface area (Å²) >= 11 is 0. The summed E-state index contributed by atoms with van der Waals surface area (Å²) in [5, 5.41) is 4.31. The fourth-order valence-electron chi connectivity index (χ4n) is 2.23. The van der Waals surface area contributed by atoms with Crippen molar-refractivity contribution in [2.45, 2.75) is 20.8 Å². The molecule has 6 nitrogen and oxygen atoms in total. The molecule has 0 spiro atoms. The van der Waals surface area contributed by atoms with Crippen molar-refractivity contribution >= 4 is 28.8 Å². The second-order valence-electron chi connectivity index (χ2n) is 4.67. The molecule has 0 aliphatic carbocycles. The van der Waals surface area contributed by atoms with Crippen molar-refractivity contribution in [2.24, 2.45) is 5.10 Å². The molecule has 0 aliphatic rings. The maximum absolute atomic E-state index is 12.0. The number of hydrazone groups is 1. The van der Waals surface area contributed by atoms with Crippen LogP contribution in [0.25, 0.3) is 11.0 Å². The molecule has 0 atom stereocenters. The summed E-state index contributed by atoms with van der Waals surface area (Å²) in [6.45, 7) is 7.51. The first-order valence-electron chi connectivity index (χ1n) is 7.21. The predicted molar refractivity (Wildman–Crippen MR) is 87.7 cm³/mol. The van der Waals surface area contributed by atoms with E-state index >= 15 is 0 Å². The van der Waals surface area contributed by atoms with Crippen molar-refractivity contribution in [1.82, 2.24) is 5.43 Å². The average molecular weight is 301 g/mol. The largest absolute Gasteiger partial charge is 0.422 e. The Hall–Kier alpha value is -2.63. The van der Waals surface area contributed by atoms with Gasteiger partial charge in [-0.2, -0.15) is 5.10 Å². The number of nitrogens with one attached hydrogen (secondary N) is 1. The van der Waals surface area contributed by atoms with E-state index < -0.39 is 11.5 Å². The molecular formula is C16H19N3O3. The number of hydrogen-bond acceptors (Lipinski definition) is 5. The molecule has 1 aromatic heterocycles. The van der Waals surface area contributed by atoms with Crippen molar-refractivity contribution < 1.29 is 9.21 Å². The highest BCUT2D eigenvalue weighted by molar-refractivity contribution is 5.97.